The number of alkyl halides is 3. The Labute approximate surface area is 159 Å². The molecule has 28 heavy (non-hydrogen) atoms. The Morgan fingerprint density at radius 1 is 1.21 bits per heavy atom. The summed E-state index contributed by atoms with van der Waals surface area (Å²) in [6, 6.07) is 3.50. The largest absolute Gasteiger partial charge is 0.417 e. The molecule has 1 aromatic heterocycles. The van der Waals surface area contributed by atoms with Gasteiger partial charge in [-0.3, -0.25) is 24.3 Å². The van der Waals surface area contributed by atoms with Crippen LogP contribution in [0.5, 0.6) is 0 Å². The number of aromatic nitrogens is 1. The van der Waals surface area contributed by atoms with Gasteiger partial charge in [-0.2, -0.15) is 18.4 Å². The Bertz CT molecular complexity index is 806. The van der Waals surface area contributed by atoms with Gasteiger partial charge >= 0.3 is 6.18 Å². The lowest BCUT2D eigenvalue weighted by Gasteiger charge is -2.19. The molecule has 6 nitrogen and oxygen atoms in total. The van der Waals surface area contributed by atoms with Gasteiger partial charge in [0.05, 0.1) is 29.2 Å². The van der Waals surface area contributed by atoms with Crippen LogP contribution in [0.4, 0.5) is 13.2 Å². The van der Waals surface area contributed by atoms with E-state index in [9.17, 15) is 32.8 Å². The van der Waals surface area contributed by atoms with Crippen LogP contribution in [0.25, 0.3) is 0 Å². The zero-order valence-corrected chi connectivity index (χ0v) is 14.9. The minimum Gasteiger partial charge on any atom is -0.298 e. The normalized spacial score (nSPS) is 23.3. The molecule has 1 saturated carbocycles. The lowest BCUT2D eigenvalue weighted by Crippen LogP contribution is -2.33. The minimum absolute atomic E-state index is 0.0896. The molecule has 1 aromatic rings. The highest BCUT2D eigenvalue weighted by Gasteiger charge is 2.48. The maximum absolute atomic E-state index is 12.6. The SMILES string of the molecule is N#CC(C(=O)CCN1C(=O)C2CCCCC2C1=O)c1ccc(C(F)(F)F)cn1. The summed E-state index contributed by atoms with van der Waals surface area (Å²) >= 11 is 0. The number of nitriles is 1. The van der Waals surface area contributed by atoms with Crippen molar-refractivity contribution in [3.8, 4) is 6.07 Å². The molecule has 0 spiro atoms. The van der Waals surface area contributed by atoms with Crippen LogP contribution < -0.4 is 0 Å². The zero-order valence-electron chi connectivity index (χ0n) is 14.9. The van der Waals surface area contributed by atoms with E-state index < -0.39 is 23.4 Å². The van der Waals surface area contributed by atoms with Gasteiger partial charge in [0.25, 0.3) is 0 Å². The molecule has 3 unspecified atom stereocenters. The van der Waals surface area contributed by atoms with Gasteiger partial charge in [-0.15, -0.1) is 0 Å². The quantitative estimate of drug-likeness (QED) is 0.718. The summed E-state index contributed by atoms with van der Waals surface area (Å²) in [5, 5.41) is 9.26. The van der Waals surface area contributed by atoms with E-state index in [0.717, 1.165) is 29.9 Å². The van der Waals surface area contributed by atoms with Gasteiger partial charge < -0.3 is 0 Å². The van der Waals surface area contributed by atoms with Gasteiger partial charge in [-0.25, -0.2) is 0 Å². The van der Waals surface area contributed by atoms with E-state index in [1.165, 1.54) is 0 Å². The van der Waals surface area contributed by atoms with Crippen molar-refractivity contribution in [2.75, 3.05) is 6.54 Å². The summed E-state index contributed by atoms with van der Waals surface area (Å²) in [5.41, 5.74) is -1.07. The standard InChI is InChI=1S/C19H18F3N3O3/c20-19(21,22)11-5-6-15(24-10-11)14(9-23)16(26)7-8-25-17(27)12-3-1-2-4-13(12)18(25)28/h5-6,10,12-14H,1-4,7-8H2. The number of hydrogen-bond donors (Lipinski definition) is 0. The van der Waals surface area contributed by atoms with Crippen molar-refractivity contribution >= 4 is 17.6 Å². The number of carbonyl (C=O) groups excluding carboxylic acids is 3. The van der Waals surface area contributed by atoms with Crippen LogP contribution in [0.15, 0.2) is 18.3 Å². The first-order valence-corrected chi connectivity index (χ1v) is 9.04. The van der Waals surface area contributed by atoms with Gasteiger partial charge in [0, 0.05) is 19.2 Å². The molecule has 9 heteroatoms. The number of rotatable bonds is 5. The van der Waals surface area contributed by atoms with Gasteiger partial charge in [0.2, 0.25) is 11.8 Å². The number of fused-ring (bicyclic) bond motifs is 1. The number of hydrogen-bond acceptors (Lipinski definition) is 5. The number of ketones is 1. The Hall–Kier alpha value is -2.76. The van der Waals surface area contributed by atoms with Crippen LogP contribution in [0.1, 0.15) is 49.3 Å². The Morgan fingerprint density at radius 2 is 1.82 bits per heavy atom. The van der Waals surface area contributed by atoms with Crippen molar-refractivity contribution in [2.24, 2.45) is 11.8 Å². The first-order valence-electron chi connectivity index (χ1n) is 9.04. The number of amides is 2. The third-order valence-electron chi connectivity index (χ3n) is 5.37. The van der Waals surface area contributed by atoms with Crippen molar-refractivity contribution in [1.82, 2.24) is 9.88 Å². The van der Waals surface area contributed by atoms with E-state index >= 15 is 0 Å². The van der Waals surface area contributed by atoms with Crippen LogP contribution in [-0.4, -0.2) is 34.0 Å². The highest BCUT2D eigenvalue weighted by molar-refractivity contribution is 6.05. The smallest absolute Gasteiger partial charge is 0.298 e. The molecule has 0 bridgehead atoms. The van der Waals surface area contributed by atoms with E-state index in [0.29, 0.717) is 19.0 Å². The zero-order chi connectivity index (χ0) is 20.5. The van der Waals surface area contributed by atoms with Crippen molar-refractivity contribution in [1.29, 1.82) is 5.26 Å². The molecular weight excluding hydrogens is 375 g/mol. The predicted octanol–water partition coefficient (Wildman–Crippen LogP) is 2.84. The lowest BCUT2D eigenvalue weighted by atomic mass is 9.81. The van der Waals surface area contributed by atoms with E-state index in [1.54, 1.807) is 6.07 Å². The van der Waals surface area contributed by atoms with E-state index in [-0.39, 0.29) is 42.3 Å². The van der Waals surface area contributed by atoms with Crippen LogP contribution >= 0.6 is 0 Å². The summed E-state index contributed by atoms with van der Waals surface area (Å²) in [4.78, 5) is 41.9. The van der Waals surface area contributed by atoms with Crippen LogP contribution in [0.3, 0.4) is 0 Å². The highest BCUT2D eigenvalue weighted by Crippen LogP contribution is 2.38. The second-order valence-electron chi connectivity index (χ2n) is 7.07. The minimum atomic E-state index is -4.56. The number of nitrogens with zero attached hydrogens (tertiary/aromatic N) is 3. The Balaban J connectivity index is 1.65. The molecule has 2 amide bonds. The maximum atomic E-state index is 12.6. The number of halogens is 3. The molecule has 0 radical (unpaired) electrons. The van der Waals surface area contributed by atoms with Crippen LogP contribution in [-0.2, 0) is 20.6 Å². The topological polar surface area (TPSA) is 91.1 Å². The number of Topliss-reactive ketones (excluding diaryl/α,β-unsaturated/α-hetero) is 1. The number of pyridine rings is 1. The van der Waals surface area contributed by atoms with Gasteiger partial charge in [-0.05, 0) is 25.0 Å². The van der Waals surface area contributed by atoms with Crippen molar-refractivity contribution in [3.05, 3.63) is 29.6 Å². The average Bonchev–Trinajstić information content (AvgIpc) is 2.91. The molecule has 0 N–H and O–H groups in total. The number of carbonyl (C=O) groups is 3. The fourth-order valence-corrected chi connectivity index (χ4v) is 3.86. The molecule has 3 rings (SSSR count). The fraction of sp³-hybridized carbons (Fsp3) is 0.526. The second kappa shape index (κ2) is 7.70. The molecule has 2 aliphatic rings. The molecule has 2 fully saturated rings. The van der Waals surface area contributed by atoms with Crippen LogP contribution in [0, 0.1) is 23.2 Å². The highest BCUT2D eigenvalue weighted by atomic mass is 19.4. The first kappa shape index (κ1) is 20.0. The lowest BCUT2D eigenvalue weighted by molar-refractivity contribution is -0.140. The van der Waals surface area contributed by atoms with E-state index in [2.05, 4.69) is 4.98 Å². The fourth-order valence-electron chi connectivity index (χ4n) is 3.86. The first-order chi connectivity index (χ1) is 13.2. The maximum Gasteiger partial charge on any atom is 0.417 e. The summed E-state index contributed by atoms with van der Waals surface area (Å²) in [6.45, 7) is -0.123. The van der Waals surface area contributed by atoms with Crippen molar-refractivity contribution < 1.29 is 27.6 Å². The van der Waals surface area contributed by atoms with Crippen molar-refractivity contribution in [3.63, 3.8) is 0 Å². The summed E-state index contributed by atoms with van der Waals surface area (Å²) in [6.07, 6.45) is -1.12. The molecule has 148 valence electrons. The molecule has 1 aliphatic heterocycles. The molecule has 1 saturated heterocycles. The summed E-state index contributed by atoms with van der Waals surface area (Å²) < 4.78 is 37.8. The average molecular weight is 393 g/mol. The predicted molar refractivity (Wildman–Crippen MR) is 89.4 cm³/mol. The molecule has 0 aromatic carbocycles. The second-order valence-corrected chi connectivity index (χ2v) is 7.07. The Kier molecular flexibility index (Phi) is 5.49. The Morgan fingerprint density at radius 3 is 2.29 bits per heavy atom. The monoisotopic (exact) mass is 393 g/mol. The van der Waals surface area contributed by atoms with Gasteiger partial charge in [-0.1, -0.05) is 12.8 Å². The molecule has 1 aliphatic carbocycles. The van der Waals surface area contributed by atoms with Gasteiger partial charge in [0.1, 0.15) is 5.92 Å². The van der Waals surface area contributed by atoms with E-state index in [4.69, 9.17) is 0 Å². The van der Waals surface area contributed by atoms with E-state index in [1.807, 2.05) is 0 Å². The summed E-state index contributed by atoms with van der Waals surface area (Å²) in [5.74, 6) is -3.13. The van der Waals surface area contributed by atoms with Gasteiger partial charge in [0.15, 0.2) is 5.78 Å². The molecular formula is C19H18F3N3O3. The third-order valence-corrected chi connectivity index (χ3v) is 5.37. The van der Waals surface area contributed by atoms with Crippen LogP contribution in [0.2, 0.25) is 0 Å². The molecule has 2 heterocycles. The van der Waals surface area contributed by atoms with Crippen molar-refractivity contribution in [2.45, 2.75) is 44.2 Å². The third kappa shape index (κ3) is 3.77. The number of likely N-dealkylation sites (tertiary alicyclic amines) is 1. The number of imide groups is 1. The summed E-state index contributed by atoms with van der Waals surface area (Å²) in [7, 11) is 0. The molecule has 3 atom stereocenters.